The molecular weight excluding hydrogens is 408 g/mol. The highest BCUT2D eigenvalue weighted by molar-refractivity contribution is 7.98. The number of carbonyl (C=O) groups excluding carboxylic acids is 1. The monoisotopic (exact) mass is 434 g/mol. The molecule has 0 spiro atoms. The molecule has 0 amide bonds. The van der Waals surface area contributed by atoms with Crippen LogP contribution in [0.25, 0.3) is 0 Å². The number of carbonyl (C=O) groups is 1. The molecule has 31 heavy (non-hydrogen) atoms. The average molecular weight is 435 g/mol. The molecule has 2 heterocycles. The summed E-state index contributed by atoms with van der Waals surface area (Å²) >= 11 is 1.58. The van der Waals surface area contributed by atoms with Gasteiger partial charge in [-0.05, 0) is 51.0 Å². The number of hydrogen-bond acceptors (Lipinski definition) is 6. The van der Waals surface area contributed by atoms with Crippen LogP contribution in [0.2, 0.25) is 0 Å². The fourth-order valence-corrected chi connectivity index (χ4v) is 4.46. The lowest BCUT2D eigenvalue weighted by molar-refractivity contribution is -0.114. The first kappa shape index (κ1) is 21.2. The van der Waals surface area contributed by atoms with E-state index in [2.05, 4.69) is 22.4 Å². The van der Waals surface area contributed by atoms with Gasteiger partial charge in [-0.3, -0.25) is 4.79 Å². The largest absolute Gasteiger partial charge is 0.491 e. The number of ketones is 1. The average Bonchev–Trinajstić information content (AvgIpc) is 3.14. The summed E-state index contributed by atoms with van der Waals surface area (Å²) in [5.41, 5.74) is 3.67. The molecule has 0 bridgehead atoms. The molecule has 7 heteroatoms. The minimum Gasteiger partial charge on any atom is -0.491 e. The van der Waals surface area contributed by atoms with Crippen molar-refractivity contribution >= 4 is 23.5 Å². The summed E-state index contributed by atoms with van der Waals surface area (Å²) in [6.45, 7) is 7.50. The Morgan fingerprint density at radius 3 is 2.52 bits per heavy atom. The third kappa shape index (κ3) is 4.66. The number of fused-ring (bicyclic) bond motifs is 1. The number of aromatic nitrogens is 3. The van der Waals surface area contributed by atoms with E-state index >= 15 is 0 Å². The van der Waals surface area contributed by atoms with E-state index in [-0.39, 0.29) is 17.9 Å². The Morgan fingerprint density at radius 2 is 1.87 bits per heavy atom. The van der Waals surface area contributed by atoms with Gasteiger partial charge in [0.05, 0.1) is 6.10 Å². The lowest BCUT2D eigenvalue weighted by Crippen LogP contribution is -2.27. The number of rotatable bonds is 7. The van der Waals surface area contributed by atoms with Crippen LogP contribution in [-0.2, 0) is 10.5 Å². The van der Waals surface area contributed by atoms with Crippen LogP contribution in [0.3, 0.4) is 0 Å². The molecule has 3 aromatic rings. The molecule has 0 fully saturated rings. The minimum atomic E-state index is -0.333. The Morgan fingerprint density at radius 1 is 1.16 bits per heavy atom. The molecule has 1 atom stereocenters. The van der Waals surface area contributed by atoms with Crippen molar-refractivity contribution in [1.29, 1.82) is 0 Å². The zero-order valence-electron chi connectivity index (χ0n) is 18.1. The van der Waals surface area contributed by atoms with E-state index in [1.54, 1.807) is 18.7 Å². The second-order valence-electron chi connectivity index (χ2n) is 7.79. The van der Waals surface area contributed by atoms with Crippen molar-refractivity contribution in [2.45, 2.75) is 50.8 Å². The summed E-state index contributed by atoms with van der Waals surface area (Å²) in [6, 6.07) is 17.8. The molecule has 0 radical (unpaired) electrons. The highest BCUT2D eigenvalue weighted by Crippen LogP contribution is 2.37. The summed E-state index contributed by atoms with van der Waals surface area (Å²) < 4.78 is 7.58. The minimum absolute atomic E-state index is 0.0112. The van der Waals surface area contributed by atoms with Crippen molar-refractivity contribution in [3.63, 3.8) is 0 Å². The Hall–Kier alpha value is -3.06. The van der Waals surface area contributed by atoms with Crippen molar-refractivity contribution in [3.05, 3.63) is 77.0 Å². The Bertz CT molecular complexity index is 1100. The van der Waals surface area contributed by atoms with Crippen molar-refractivity contribution in [1.82, 2.24) is 14.8 Å². The molecule has 1 aromatic heterocycles. The van der Waals surface area contributed by atoms with Gasteiger partial charge < -0.3 is 10.1 Å². The zero-order valence-corrected chi connectivity index (χ0v) is 18.9. The molecule has 0 aliphatic carbocycles. The molecule has 1 aliphatic heterocycles. The van der Waals surface area contributed by atoms with Gasteiger partial charge >= 0.3 is 0 Å². The van der Waals surface area contributed by atoms with E-state index in [1.165, 1.54) is 5.56 Å². The zero-order chi connectivity index (χ0) is 22.0. The topological polar surface area (TPSA) is 69.0 Å². The molecule has 1 unspecified atom stereocenters. The van der Waals surface area contributed by atoms with Crippen LogP contribution in [-0.4, -0.2) is 26.7 Å². The summed E-state index contributed by atoms with van der Waals surface area (Å²) in [5, 5.41) is 8.68. The van der Waals surface area contributed by atoms with Gasteiger partial charge in [0.2, 0.25) is 11.1 Å². The van der Waals surface area contributed by atoms with Crippen LogP contribution < -0.4 is 10.1 Å². The van der Waals surface area contributed by atoms with Crippen molar-refractivity contribution < 1.29 is 9.53 Å². The molecule has 1 aliphatic rings. The molecule has 2 aromatic carbocycles. The first-order valence-corrected chi connectivity index (χ1v) is 11.3. The van der Waals surface area contributed by atoms with Crippen LogP contribution in [0.4, 0.5) is 5.95 Å². The molecule has 4 rings (SSSR count). The van der Waals surface area contributed by atoms with E-state index in [0.29, 0.717) is 16.7 Å². The Labute approximate surface area is 186 Å². The molecule has 0 saturated carbocycles. The van der Waals surface area contributed by atoms with Gasteiger partial charge in [-0.25, -0.2) is 4.68 Å². The number of benzene rings is 2. The van der Waals surface area contributed by atoms with Crippen molar-refractivity contribution in [2.24, 2.45) is 0 Å². The predicted molar refractivity (Wildman–Crippen MR) is 123 cm³/mol. The summed E-state index contributed by atoms with van der Waals surface area (Å²) in [4.78, 5) is 17.2. The number of nitrogens with one attached hydrogen (secondary N) is 1. The lowest BCUT2D eigenvalue weighted by atomic mass is 9.93. The summed E-state index contributed by atoms with van der Waals surface area (Å²) in [6.07, 6.45) is 0.103. The number of ether oxygens (including phenoxy) is 1. The van der Waals surface area contributed by atoms with E-state index in [1.807, 2.05) is 67.9 Å². The number of Topliss-reactive ketones (excluding diaryl/α,β-unsaturated/α-hetero) is 1. The molecule has 160 valence electrons. The van der Waals surface area contributed by atoms with Gasteiger partial charge in [-0.15, -0.1) is 5.10 Å². The maximum absolute atomic E-state index is 12.5. The SMILES string of the molecule is CC(=O)C1=C(C)Nc2nc(SCc3ccccc3)nn2C1c1ccc(OC(C)C)cc1. The van der Waals surface area contributed by atoms with Crippen LogP contribution in [0.5, 0.6) is 5.75 Å². The molecule has 0 saturated heterocycles. The third-order valence-electron chi connectivity index (χ3n) is 4.99. The maximum atomic E-state index is 12.5. The van der Waals surface area contributed by atoms with Gasteiger partial charge in [-0.1, -0.05) is 54.2 Å². The highest BCUT2D eigenvalue weighted by atomic mass is 32.2. The van der Waals surface area contributed by atoms with E-state index in [4.69, 9.17) is 9.84 Å². The normalized spacial score (nSPS) is 15.6. The maximum Gasteiger partial charge on any atom is 0.227 e. The summed E-state index contributed by atoms with van der Waals surface area (Å²) in [5.74, 6) is 2.24. The third-order valence-corrected chi connectivity index (χ3v) is 5.90. The van der Waals surface area contributed by atoms with Crippen LogP contribution in [0.15, 0.2) is 71.0 Å². The molecule has 6 nitrogen and oxygen atoms in total. The molecular formula is C24H26N4O2S. The number of anilines is 1. The van der Waals surface area contributed by atoms with Gasteiger partial charge in [0.15, 0.2) is 5.78 Å². The number of hydrogen-bond donors (Lipinski definition) is 1. The smallest absolute Gasteiger partial charge is 0.227 e. The van der Waals surface area contributed by atoms with Gasteiger partial charge in [0, 0.05) is 17.0 Å². The fourth-order valence-electron chi connectivity index (χ4n) is 3.68. The summed E-state index contributed by atoms with van der Waals surface area (Å²) in [7, 11) is 0. The first-order chi connectivity index (χ1) is 14.9. The standard InChI is InChI=1S/C24H26N4O2S/c1-15(2)30-20-12-10-19(11-13-20)22-21(17(4)29)16(3)25-23-26-24(27-28(22)23)31-14-18-8-6-5-7-9-18/h5-13,15,22H,14H2,1-4H3,(H,25,26,27). The Kier molecular flexibility index (Phi) is 6.13. The first-order valence-electron chi connectivity index (χ1n) is 10.3. The number of thioether (sulfide) groups is 1. The van der Waals surface area contributed by atoms with Gasteiger partial charge in [-0.2, -0.15) is 4.98 Å². The van der Waals surface area contributed by atoms with Crippen molar-refractivity contribution in [2.75, 3.05) is 5.32 Å². The molecule has 1 N–H and O–H groups in total. The highest BCUT2D eigenvalue weighted by Gasteiger charge is 2.32. The van der Waals surface area contributed by atoms with Crippen LogP contribution in [0, 0.1) is 0 Å². The van der Waals surface area contributed by atoms with E-state index in [9.17, 15) is 4.79 Å². The van der Waals surface area contributed by atoms with Gasteiger partial charge in [0.1, 0.15) is 11.8 Å². The lowest BCUT2D eigenvalue weighted by Gasteiger charge is -2.28. The van der Waals surface area contributed by atoms with Gasteiger partial charge in [0.25, 0.3) is 0 Å². The number of nitrogens with zero attached hydrogens (tertiary/aromatic N) is 3. The van der Waals surface area contributed by atoms with E-state index < -0.39 is 0 Å². The van der Waals surface area contributed by atoms with E-state index in [0.717, 1.165) is 22.8 Å². The Balaban J connectivity index is 1.66. The van der Waals surface area contributed by atoms with Crippen LogP contribution in [0.1, 0.15) is 44.9 Å². The predicted octanol–water partition coefficient (Wildman–Crippen LogP) is 5.24. The fraction of sp³-hybridized carbons (Fsp3) is 0.292. The second kappa shape index (κ2) is 8.98. The quantitative estimate of drug-likeness (QED) is 0.513. The van der Waals surface area contributed by atoms with Crippen LogP contribution >= 0.6 is 11.8 Å². The van der Waals surface area contributed by atoms with Crippen molar-refractivity contribution in [3.8, 4) is 5.75 Å². The second-order valence-corrected chi connectivity index (χ2v) is 8.74. The number of allylic oxidation sites excluding steroid dienone is 2.